The maximum absolute atomic E-state index is 11.8. The first-order valence-electron chi connectivity index (χ1n) is 5.37. The number of pyridine rings is 1. The smallest absolute Gasteiger partial charge is 0.293 e. The van der Waals surface area contributed by atoms with Crippen molar-refractivity contribution in [2.45, 2.75) is 13.0 Å². The van der Waals surface area contributed by atoms with Crippen LogP contribution in [0.5, 0.6) is 0 Å². The molecule has 2 aromatic heterocycles. The molecule has 1 N–H and O–H groups in total. The molecular formula is C12H14N4O. The van der Waals surface area contributed by atoms with Gasteiger partial charge in [0.25, 0.3) is 5.56 Å². The predicted octanol–water partition coefficient (Wildman–Crippen LogP) is 1.35. The summed E-state index contributed by atoms with van der Waals surface area (Å²) in [5.74, 6) is 0.341. The molecule has 0 spiro atoms. The molecule has 17 heavy (non-hydrogen) atoms. The van der Waals surface area contributed by atoms with Gasteiger partial charge in [0, 0.05) is 25.6 Å². The van der Waals surface area contributed by atoms with Gasteiger partial charge in [-0.2, -0.15) is 0 Å². The number of nitrogens with one attached hydrogen (secondary N) is 1. The van der Waals surface area contributed by atoms with Crippen LogP contribution in [0.4, 0.5) is 5.82 Å². The van der Waals surface area contributed by atoms with Gasteiger partial charge in [0.1, 0.15) is 0 Å². The van der Waals surface area contributed by atoms with Crippen molar-refractivity contribution in [3.8, 4) is 0 Å². The van der Waals surface area contributed by atoms with Crippen molar-refractivity contribution in [2.75, 3.05) is 5.32 Å². The van der Waals surface area contributed by atoms with Gasteiger partial charge < -0.3 is 9.88 Å². The fourth-order valence-corrected chi connectivity index (χ4v) is 1.51. The SMILES string of the molecule is CC(Nc1nccn(C)c1=O)c1ccccn1. The average molecular weight is 230 g/mol. The first-order valence-corrected chi connectivity index (χ1v) is 5.37. The monoisotopic (exact) mass is 230 g/mol. The quantitative estimate of drug-likeness (QED) is 0.864. The molecule has 0 fully saturated rings. The summed E-state index contributed by atoms with van der Waals surface area (Å²) >= 11 is 0. The third-order valence-corrected chi connectivity index (χ3v) is 2.50. The van der Waals surface area contributed by atoms with E-state index in [9.17, 15) is 4.79 Å². The van der Waals surface area contributed by atoms with Crippen molar-refractivity contribution >= 4 is 5.82 Å². The second-order valence-electron chi connectivity index (χ2n) is 3.81. The number of nitrogens with zero attached hydrogens (tertiary/aromatic N) is 3. The summed E-state index contributed by atoms with van der Waals surface area (Å²) in [4.78, 5) is 20.0. The van der Waals surface area contributed by atoms with Crippen LogP contribution in [-0.4, -0.2) is 14.5 Å². The summed E-state index contributed by atoms with van der Waals surface area (Å²) in [6, 6.07) is 5.62. The minimum Gasteiger partial charge on any atom is -0.357 e. The largest absolute Gasteiger partial charge is 0.357 e. The van der Waals surface area contributed by atoms with Gasteiger partial charge in [0.05, 0.1) is 11.7 Å². The van der Waals surface area contributed by atoms with E-state index in [4.69, 9.17) is 0 Å². The van der Waals surface area contributed by atoms with Gasteiger partial charge in [0.15, 0.2) is 5.82 Å². The molecule has 2 heterocycles. The maximum atomic E-state index is 11.8. The van der Waals surface area contributed by atoms with E-state index in [0.29, 0.717) is 5.82 Å². The van der Waals surface area contributed by atoms with E-state index in [1.807, 2.05) is 25.1 Å². The van der Waals surface area contributed by atoms with Crippen LogP contribution in [0.25, 0.3) is 0 Å². The highest BCUT2D eigenvalue weighted by atomic mass is 16.1. The molecular weight excluding hydrogens is 216 g/mol. The highest BCUT2D eigenvalue weighted by Gasteiger charge is 2.09. The molecule has 2 rings (SSSR count). The van der Waals surface area contributed by atoms with E-state index in [-0.39, 0.29) is 11.6 Å². The Kier molecular flexibility index (Phi) is 3.18. The van der Waals surface area contributed by atoms with Gasteiger partial charge >= 0.3 is 0 Å². The number of hydrogen-bond acceptors (Lipinski definition) is 4. The number of rotatable bonds is 3. The zero-order valence-corrected chi connectivity index (χ0v) is 9.79. The number of aromatic nitrogens is 3. The fraction of sp³-hybridized carbons (Fsp3) is 0.250. The van der Waals surface area contributed by atoms with Crippen LogP contribution >= 0.6 is 0 Å². The van der Waals surface area contributed by atoms with Crippen molar-refractivity contribution in [1.82, 2.24) is 14.5 Å². The molecule has 0 aliphatic heterocycles. The van der Waals surface area contributed by atoms with Gasteiger partial charge in [-0.3, -0.25) is 9.78 Å². The zero-order chi connectivity index (χ0) is 12.3. The number of anilines is 1. The van der Waals surface area contributed by atoms with Crippen LogP contribution in [0.15, 0.2) is 41.6 Å². The third-order valence-electron chi connectivity index (χ3n) is 2.50. The van der Waals surface area contributed by atoms with Crippen LogP contribution < -0.4 is 10.9 Å². The first kappa shape index (κ1) is 11.3. The predicted molar refractivity (Wildman–Crippen MR) is 65.8 cm³/mol. The minimum atomic E-state index is -0.143. The van der Waals surface area contributed by atoms with Crippen molar-refractivity contribution in [3.63, 3.8) is 0 Å². The zero-order valence-electron chi connectivity index (χ0n) is 9.79. The van der Waals surface area contributed by atoms with E-state index in [0.717, 1.165) is 5.69 Å². The molecule has 2 aromatic rings. The van der Waals surface area contributed by atoms with Crippen LogP contribution in [-0.2, 0) is 7.05 Å². The summed E-state index contributed by atoms with van der Waals surface area (Å²) < 4.78 is 1.49. The summed E-state index contributed by atoms with van der Waals surface area (Å²) in [6.45, 7) is 1.94. The first-order chi connectivity index (χ1) is 8.18. The van der Waals surface area contributed by atoms with Gasteiger partial charge in [0.2, 0.25) is 0 Å². The molecule has 88 valence electrons. The molecule has 1 unspecified atom stereocenters. The second-order valence-corrected chi connectivity index (χ2v) is 3.81. The topological polar surface area (TPSA) is 59.8 Å². The number of aryl methyl sites for hydroxylation is 1. The Labute approximate surface area is 99.2 Å². The van der Waals surface area contributed by atoms with E-state index < -0.39 is 0 Å². The van der Waals surface area contributed by atoms with Gasteiger partial charge in [-0.05, 0) is 19.1 Å². The Hall–Kier alpha value is -2.17. The van der Waals surface area contributed by atoms with E-state index in [1.54, 1.807) is 25.6 Å². The van der Waals surface area contributed by atoms with E-state index in [2.05, 4.69) is 15.3 Å². The van der Waals surface area contributed by atoms with Crippen molar-refractivity contribution in [2.24, 2.45) is 7.05 Å². The summed E-state index contributed by atoms with van der Waals surface area (Å²) in [5.41, 5.74) is 0.732. The lowest BCUT2D eigenvalue weighted by molar-refractivity contribution is 0.797. The standard InChI is InChI=1S/C12H14N4O/c1-9(10-5-3-4-6-13-10)15-11-12(17)16(2)8-7-14-11/h3-9H,1-2H3,(H,14,15). The highest BCUT2D eigenvalue weighted by Crippen LogP contribution is 2.12. The maximum Gasteiger partial charge on any atom is 0.293 e. The lowest BCUT2D eigenvalue weighted by atomic mass is 10.2. The van der Waals surface area contributed by atoms with Crippen molar-refractivity contribution < 1.29 is 0 Å². The molecule has 0 aromatic carbocycles. The van der Waals surface area contributed by atoms with Crippen molar-refractivity contribution in [3.05, 3.63) is 52.8 Å². The van der Waals surface area contributed by atoms with Crippen LogP contribution in [0.2, 0.25) is 0 Å². The van der Waals surface area contributed by atoms with Crippen LogP contribution in [0.3, 0.4) is 0 Å². The lowest BCUT2D eigenvalue weighted by Gasteiger charge is -2.13. The lowest BCUT2D eigenvalue weighted by Crippen LogP contribution is -2.23. The molecule has 5 heteroatoms. The Morgan fingerprint density at radius 1 is 1.29 bits per heavy atom. The van der Waals surface area contributed by atoms with Crippen LogP contribution in [0, 0.1) is 0 Å². The number of hydrogen-bond donors (Lipinski definition) is 1. The molecule has 0 aliphatic rings. The normalized spacial score (nSPS) is 12.1. The van der Waals surface area contributed by atoms with E-state index in [1.165, 1.54) is 4.57 Å². The Morgan fingerprint density at radius 2 is 2.12 bits per heavy atom. The Balaban J connectivity index is 2.22. The van der Waals surface area contributed by atoms with Crippen molar-refractivity contribution in [1.29, 1.82) is 0 Å². The minimum absolute atomic E-state index is 0.0567. The second kappa shape index (κ2) is 4.78. The van der Waals surface area contributed by atoms with Gasteiger partial charge in [-0.1, -0.05) is 6.07 Å². The molecule has 0 bridgehead atoms. The summed E-state index contributed by atoms with van der Waals surface area (Å²) in [6.07, 6.45) is 4.94. The molecule has 0 amide bonds. The fourth-order valence-electron chi connectivity index (χ4n) is 1.51. The van der Waals surface area contributed by atoms with Gasteiger partial charge in [-0.25, -0.2) is 4.98 Å². The third kappa shape index (κ3) is 2.50. The summed E-state index contributed by atoms with van der Waals surface area (Å²) in [7, 11) is 1.70. The molecule has 0 aliphatic carbocycles. The van der Waals surface area contributed by atoms with E-state index >= 15 is 0 Å². The van der Waals surface area contributed by atoms with Gasteiger partial charge in [-0.15, -0.1) is 0 Å². The Bertz CT molecular complexity index is 550. The molecule has 0 radical (unpaired) electrons. The molecule has 0 saturated heterocycles. The average Bonchev–Trinajstić information content (AvgIpc) is 2.36. The molecule has 1 atom stereocenters. The highest BCUT2D eigenvalue weighted by molar-refractivity contribution is 5.34. The Morgan fingerprint density at radius 3 is 2.82 bits per heavy atom. The molecule has 0 saturated carbocycles. The summed E-state index contributed by atoms with van der Waals surface area (Å²) in [5, 5.41) is 3.06. The van der Waals surface area contributed by atoms with Crippen LogP contribution in [0.1, 0.15) is 18.7 Å². The molecule has 5 nitrogen and oxygen atoms in total.